The maximum Gasteiger partial charge on any atom is 0.242 e. The summed E-state index contributed by atoms with van der Waals surface area (Å²) in [4.78, 5) is 29.8. The number of methoxy groups -OCH3 is 1. The molecule has 7 heteroatoms. The van der Waals surface area contributed by atoms with E-state index in [9.17, 15) is 14.0 Å². The minimum absolute atomic E-state index is 0.0379. The third-order valence-corrected chi connectivity index (χ3v) is 6.02. The summed E-state index contributed by atoms with van der Waals surface area (Å²) in [5, 5.41) is 2.03. The Labute approximate surface area is 168 Å². The van der Waals surface area contributed by atoms with E-state index in [2.05, 4.69) is 0 Å². The molecule has 150 valence electrons. The quantitative estimate of drug-likeness (QED) is 0.666. The van der Waals surface area contributed by atoms with Crippen molar-refractivity contribution < 1.29 is 18.7 Å². The third-order valence-electron chi connectivity index (χ3n) is 5.02. The number of fused-ring (bicyclic) bond motifs is 1. The maximum atomic E-state index is 13.4. The van der Waals surface area contributed by atoms with Gasteiger partial charge in [0.15, 0.2) is 0 Å². The normalized spacial score (nSPS) is 16.0. The number of benzene rings is 1. The van der Waals surface area contributed by atoms with Crippen LogP contribution in [0.2, 0.25) is 0 Å². The second-order valence-electron chi connectivity index (χ2n) is 6.88. The molecule has 1 aliphatic rings. The van der Waals surface area contributed by atoms with Gasteiger partial charge in [-0.3, -0.25) is 9.59 Å². The van der Waals surface area contributed by atoms with Gasteiger partial charge in [0.1, 0.15) is 5.82 Å². The van der Waals surface area contributed by atoms with Gasteiger partial charge in [0.2, 0.25) is 11.8 Å². The number of carbonyl (C=O) groups excluding carboxylic acids is 2. The van der Waals surface area contributed by atoms with Gasteiger partial charge >= 0.3 is 0 Å². The average molecular weight is 405 g/mol. The van der Waals surface area contributed by atoms with Crippen LogP contribution in [0.25, 0.3) is 0 Å². The summed E-state index contributed by atoms with van der Waals surface area (Å²) in [7, 11) is 1.61. The molecule has 0 unspecified atom stereocenters. The number of halogens is 1. The zero-order valence-electron chi connectivity index (χ0n) is 16.2. The topological polar surface area (TPSA) is 49.9 Å². The van der Waals surface area contributed by atoms with E-state index in [1.165, 1.54) is 23.9 Å². The molecule has 28 heavy (non-hydrogen) atoms. The van der Waals surface area contributed by atoms with E-state index in [0.717, 1.165) is 17.5 Å². The Hall–Kier alpha value is -2.25. The van der Waals surface area contributed by atoms with Gasteiger partial charge in [0.25, 0.3) is 0 Å². The highest BCUT2D eigenvalue weighted by Crippen LogP contribution is 2.37. The summed E-state index contributed by atoms with van der Waals surface area (Å²) >= 11 is 1.68. The Bertz CT molecular complexity index is 821. The van der Waals surface area contributed by atoms with Crippen LogP contribution >= 0.6 is 11.3 Å². The van der Waals surface area contributed by atoms with Gasteiger partial charge in [-0.1, -0.05) is 12.1 Å². The predicted molar refractivity (Wildman–Crippen MR) is 107 cm³/mol. The highest BCUT2D eigenvalue weighted by molar-refractivity contribution is 7.10. The number of nitrogens with zero attached hydrogens (tertiary/aromatic N) is 2. The molecule has 2 aromatic rings. The van der Waals surface area contributed by atoms with Gasteiger partial charge in [0.05, 0.1) is 12.6 Å². The van der Waals surface area contributed by atoms with Crippen LogP contribution in [0.5, 0.6) is 0 Å². The molecule has 1 aromatic heterocycles. The number of hydrogen-bond donors (Lipinski definition) is 0. The standard InChI is InChI=1S/C21H25FN2O3S/c1-15(25)23(10-3-12-27-2)14-20(26)24-11-8-19-18(9-13-28-19)21(24)16-4-6-17(22)7-5-16/h4-7,9,13,21H,3,8,10-12,14H2,1-2H3/t21-/m0/s1. The molecule has 0 aliphatic carbocycles. The van der Waals surface area contributed by atoms with Crippen LogP contribution in [0, 0.1) is 5.82 Å². The molecule has 1 atom stereocenters. The lowest BCUT2D eigenvalue weighted by molar-refractivity contribution is -0.140. The zero-order valence-corrected chi connectivity index (χ0v) is 17.0. The molecule has 0 radical (unpaired) electrons. The predicted octanol–water partition coefficient (Wildman–Crippen LogP) is 3.25. The highest BCUT2D eigenvalue weighted by atomic mass is 32.1. The van der Waals surface area contributed by atoms with Crippen molar-refractivity contribution in [2.24, 2.45) is 0 Å². The Morgan fingerprint density at radius 2 is 2.04 bits per heavy atom. The van der Waals surface area contributed by atoms with Gasteiger partial charge < -0.3 is 14.5 Å². The summed E-state index contributed by atoms with van der Waals surface area (Å²) in [5.74, 6) is -0.529. The van der Waals surface area contributed by atoms with Crippen LogP contribution < -0.4 is 0 Å². The fraction of sp³-hybridized carbons (Fsp3) is 0.429. The Morgan fingerprint density at radius 1 is 1.29 bits per heavy atom. The highest BCUT2D eigenvalue weighted by Gasteiger charge is 2.33. The van der Waals surface area contributed by atoms with E-state index >= 15 is 0 Å². The monoisotopic (exact) mass is 404 g/mol. The summed E-state index contributed by atoms with van der Waals surface area (Å²) in [6.45, 7) is 3.12. The summed E-state index contributed by atoms with van der Waals surface area (Å²) in [6, 6.07) is 8.09. The van der Waals surface area contributed by atoms with E-state index in [1.54, 1.807) is 35.5 Å². The van der Waals surface area contributed by atoms with Crippen molar-refractivity contribution in [3.63, 3.8) is 0 Å². The molecule has 5 nitrogen and oxygen atoms in total. The lowest BCUT2D eigenvalue weighted by Crippen LogP contribution is -2.46. The van der Waals surface area contributed by atoms with Gasteiger partial charge in [-0.25, -0.2) is 4.39 Å². The average Bonchev–Trinajstić information content (AvgIpc) is 3.16. The summed E-state index contributed by atoms with van der Waals surface area (Å²) in [5.41, 5.74) is 1.97. The van der Waals surface area contributed by atoms with Gasteiger partial charge in [-0.05, 0) is 47.5 Å². The molecule has 0 bridgehead atoms. The van der Waals surface area contributed by atoms with Crippen LogP contribution in [0.1, 0.15) is 35.4 Å². The first-order valence-corrected chi connectivity index (χ1v) is 10.2. The molecular formula is C21H25FN2O3S. The Morgan fingerprint density at radius 3 is 2.71 bits per heavy atom. The first-order chi connectivity index (χ1) is 13.5. The molecule has 0 saturated carbocycles. The number of amides is 2. The van der Waals surface area contributed by atoms with E-state index in [0.29, 0.717) is 26.1 Å². The largest absolute Gasteiger partial charge is 0.385 e. The van der Waals surface area contributed by atoms with E-state index < -0.39 is 0 Å². The molecule has 0 spiro atoms. The fourth-order valence-electron chi connectivity index (χ4n) is 3.59. The van der Waals surface area contributed by atoms with Gasteiger partial charge in [0, 0.05) is 38.6 Å². The summed E-state index contributed by atoms with van der Waals surface area (Å²) < 4.78 is 18.5. The maximum absolute atomic E-state index is 13.4. The molecule has 0 saturated heterocycles. The lowest BCUT2D eigenvalue weighted by atomic mass is 9.93. The van der Waals surface area contributed by atoms with Crippen LogP contribution in [0.4, 0.5) is 4.39 Å². The van der Waals surface area contributed by atoms with Crippen molar-refractivity contribution >= 4 is 23.2 Å². The second kappa shape index (κ2) is 9.30. The van der Waals surface area contributed by atoms with Crippen molar-refractivity contribution in [1.29, 1.82) is 0 Å². The fourth-order valence-corrected chi connectivity index (χ4v) is 4.50. The van der Waals surface area contributed by atoms with Crippen LogP contribution in [0.15, 0.2) is 35.7 Å². The SMILES string of the molecule is COCCCN(CC(=O)N1CCc2sccc2[C@@H]1c1ccc(F)cc1)C(C)=O. The van der Waals surface area contributed by atoms with Crippen LogP contribution in [-0.2, 0) is 20.7 Å². The van der Waals surface area contributed by atoms with Crippen LogP contribution in [-0.4, -0.2) is 55.0 Å². The first-order valence-electron chi connectivity index (χ1n) is 9.37. The molecular weight excluding hydrogens is 379 g/mol. The molecule has 2 amide bonds. The van der Waals surface area contributed by atoms with E-state index in [1.807, 2.05) is 16.3 Å². The minimum Gasteiger partial charge on any atom is -0.385 e. The second-order valence-corrected chi connectivity index (χ2v) is 7.88. The molecule has 0 N–H and O–H groups in total. The summed E-state index contributed by atoms with van der Waals surface area (Å²) in [6.07, 6.45) is 1.47. The number of ether oxygens (including phenoxy) is 1. The molecule has 0 fully saturated rings. The molecule has 3 rings (SSSR count). The minimum atomic E-state index is -0.302. The Kier molecular flexibility index (Phi) is 6.80. The van der Waals surface area contributed by atoms with E-state index in [4.69, 9.17) is 4.74 Å². The number of thiophene rings is 1. The van der Waals surface area contributed by atoms with Crippen molar-refractivity contribution in [2.75, 3.05) is 33.4 Å². The van der Waals surface area contributed by atoms with Gasteiger partial charge in [-0.15, -0.1) is 11.3 Å². The Balaban J connectivity index is 1.83. The van der Waals surface area contributed by atoms with Crippen molar-refractivity contribution in [2.45, 2.75) is 25.8 Å². The number of carbonyl (C=O) groups is 2. The van der Waals surface area contributed by atoms with E-state index in [-0.39, 0.29) is 30.2 Å². The van der Waals surface area contributed by atoms with Crippen molar-refractivity contribution in [1.82, 2.24) is 9.80 Å². The molecule has 1 aliphatic heterocycles. The van der Waals surface area contributed by atoms with Crippen molar-refractivity contribution in [3.8, 4) is 0 Å². The van der Waals surface area contributed by atoms with Crippen LogP contribution in [0.3, 0.4) is 0 Å². The number of hydrogen-bond acceptors (Lipinski definition) is 4. The third kappa shape index (κ3) is 4.59. The zero-order chi connectivity index (χ0) is 20.1. The smallest absolute Gasteiger partial charge is 0.242 e. The molecule has 2 heterocycles. The van der Waals surface area contributed by atoms with Crippen molar-refractivity contribution in [3.05, 3.63) is 57.5 Å². The lowest BCUT2D eigenvalue weighted by Gasteiger charge is -2.37. The first kappa shape index (κ1) is 20.5. The van der Waals surface area contributed by atoms with Gasteiger partial charge in [-0.2, -0.15) is 0 Å². The molecule has 1 aromatic carbocycles. The number of rotatable bonds is 7.